The molecule has 1 rings (SSSR count). The van der Waals surface area contributed by atoms with Crippen LogP contribution in [0.1, 0.15) is 22.8 Å². The van der Waals surface area contributed by atoms with Crippen LogP contribution in [0.2, 0.25) is 0 Å². The molecule has 0 saturated carbocycles. The maximum absolute atomic E-state index is 12.3. The van der Waals surface area contributed by atoms with Crippen molar-refractivity contribution in [3.63, 3.8) is 0 Å². The van der Waals surface area contributed by atoms with Crippen LogP contribution >= 0.6 is 22.6 Å². The van der Waals surface area contributed by atoms with E-state index in [1.807, 2.05) is 22.6 Å². The molecule has 7 nitrogen and oxygen atoms in total. The van der Waals surface area contributed by atoms with Gasteiger partial charge in [-0.1, -0.05) is 0 Å². The second kappa shape index (κ2) is 6.16. The summed E-state index contributed by atoms with van der Waals surface area (Å²) in [6, 6.07) is 1.52. The molecule has 0 bridgehead atoms. The minimum Gasteiger partial charge on any atom is -0.480 e. The van der Waals surface area contributed by atoms with Crippen molar-refractivity contribution in [2.45, 2.75) is 19.9 Å². The second-order valence-corrected chi connectivity index (χ2v) is 5.45. The quantitative estimate of drug-likeness (QED) is 0.480. The van der Waals surface area contributed by atoms with E-state index in [1.54, 1.807) is 6.92 Å². The summed E-state index contributed by atoms with van der Waals surface area (Å²) in [7, 11) is 1.35. The van der Waals surface area contributed by atoms with Gasteiger partial charge in [0.25, 0.3) is 11.6 Å². The molecular weight excluding hydrogens is 379 g/mol. The number of hydrogen-bond donors (Lipinski definition) is 1. The first kappa shape index (κ1) is 16.3. The molecule has 1 atom stereocenters. The highest BCUT2D eigenvalue weighted by Gasteiger charge is 2.26. The second-order valence-electron chi connectivity index (χ2n) is 4.29. The van der Waals surface area contributed by atoms with E-state index in [2.05, 4.69) is 0 Å². The van der Waals surface area contributed by atoms with Crippen LogP contribution in [0.15, 0.2) is 12.1 Å². The van der Waals surface area contributed by atoms with Gasteiger partial charge in [-0.05, 0) is 42.0 Å². The van der Waals surface area contributed by atoms with E-state index in [1.165, 1.54) is 26.1 Å². The fraction of sp³-hybridized carbons (Fsp3) is 0.333. The standard InChI is InChI=1S/C12H13IN2O5/c1-6-9(4-8(15(19)20)5-10(6)13)11(16)14(3)7(2)12(17)18/h4-5,7H,1-3H3,(H,17,18). The topological polar surface area (TPSA) is 101 Å². The van der Waals surface area contributed by atoms with Gasteiger partial charge in [-0.15, -0.1) is 0 Å². The highest BCUT2D eigenvalue weighted by Crippen LogP contribution is 2.24. The average Bonchev–Trinajstić information content (AvgIpc) is 2.38. The lowest BCUT2D eigenvalue weighted by Gasteiger charge is -2.22. The number of rotatable bonds is 4. The number of aliphatic carboxylic acids is 1. The van der Waals surface area contributed by atoms with Crippen molar-refractivity contribution < 1.29 is 19.6 Å². The number of carbonyl (C=O) groups is 2. The fourth-order valence-electron chi connectivity index (χ4n) is 1.52. The van der Waals surface area contributed by atoms with Crippen molar-refractivity contribution in [2.75, 3.05) is 7.05 Å². The van der Waals surface area contributed by atoms with Crippen molar-refractivity contribution in [1.82, 2.24) is 4.90 Å². The molecule has 1 aromatic rings. The third-order valence-electron chi connectivity index (χ3n) is 3.03. The SMILES string of the molecule is Cc1c(I)cc([N+](=O)[O-])cc1C(=O)N(C)C(C)C(=O)O. The first-order valence-electron chi connectivity index (χ1n) is 5.61. The summed E-state index contributed by atoms with van der Waals surface area (Å²) >= 11 is 1.90. The highest BCUT2D eigenvalue weighted by atomic mass is 127. The van der Waals surface area contributed by atoms with Gasteiger partial charge in [-0.2, -0.15) is 0 Å². The Balaban J connectivity index is 3.28. The Hall–Kier alpha value is -1.71. The summed E-state index contributed by atoms with van der Waals surface area (Å²) in [5.41, 5.74) is 0.532. The molecule has 0 aliphatic rings. The number of amides is 1. The molecule has 1 aromatic carbocycles. The van der Waals surface area contributed by atoms with E-state index in [0.29, 0.717) is 9.13 Å². The summed E-state index contributed by atoms with van der Waals surface area (Å²) in [5, 5.41) is 19.7. The Morgan fingerprint density at radius 3 is 2.45 bits per heavy atom. The number of hydrogen-bond acceptors (Lipinski definition) is 4. The first-order valence-corrected chi connectivity index (χ1v) is 6.69. The minimum absolute atomic E-state index is 0.138. The van der Waals surface area contributed by atoms with Crippen molar-refractivity contribution in [1.29, 1.82) is 0 Å². The Morgan fingerprint density at radius 2 is 2.00 bits per heavy atom. The first-order chi connectivity index (χ1) is 9.16. The van der Waals surface area contributed by atoms with Crippen molar-refractivity contribution in [3.05, 3.63) is 36.9 Å². The van der Waals surface area contributed by atoms with Crippen molar-refractivity contribution in [3.8, 4) is 0 Å². The Morgan fingerprint density at radius 1 is 1.45 bits per heavy atom. The van der Waals surface area contributed by atoms with Crippen LogP contribution in [0.4, 0.5) is 5.69 Å². The van der Waals surface area contributed by atoms with Gasteiger partial charge in [0, 0.05) is 22.8 Å². The monoisotopic (exact) mass is 392 g/mol. The molecule has 0 heterocycles. The average molecular weight is 392 g/mol. The fourth-order valence-corrected chi connectivity index (χ4v) is 2.13. The van der Waals surface area contributed by atoms with Crippen molar-refractivity contribution in [2.24, 2.45) is 0 Å². The van der Waals surface area contributed by atoms with Crippen LogP contribution in [0.5, 0.6) is 0 Å². The Bertz CT molecular complexity index is 587. The highest BCUT2D eigenvalue weighted by molar-refractivity contribution is 14.1. The van der Waals surface area contributed by atoms with Crippen molar-refractivity contribution >= 4 is 40.2 Å². The van der Waals surface area contributed by atoms with Crippen LogP contribution in [-0.4, -0.2) is 39.9 Å². The van der Waals surface area contributed by atoms with E-state index < -0.39 is 22.8 Å². The van der Waals surface area contributed by atoms with Crippen LogP contribution in [-0.2, 0) is 4.79 Å². The molecule has 20 heavy (non-hydrogen) atoms. The van der Waals surface area contributed by atoms with E-state index in [0.717, 1.165) is 4.90 Å². The zero-order valence-corrected chi connectivity index (χ0v) is 13.2. The van der Waals surface area contributed by atoms with Gasteiger partial charge in [0.15, 0.2) is 0 Å². The number of likely N-dealkylation sites (N-methyl/N-ethyl adjacent to an activating group) is 1. The number of carboxylic acid groups (broad SMARTS) is 1. The van der Waals surface area contributed by atoms with Gasteiger partial charge in [-0.3, -0.25) is 14.9 Å². The molecule has 0 aliphatic heterocycles. The molecule has 108 valence electrons. The largest absolute Gasteiger partial charge is 0.480 e. The van der Waals surface area contributed by atoms with Crippen LogP contribution in [0.3, 0.4) is 0 Å². The minimum atomic E-state index is -1.14. The molecule has 1 amide bonds. The summed E-state index contributed by atoms with van der Waals surface area (Å²) in [5.74, 6) is -1.70. The number of carbonyl (C=O) groups excluding carboxylic acids is 1. The number of nitro benzene ring substituents is 1. The lowest BCUT2D eigenvalue weighted by molar-refractivity contribution is -0.385. The van der Waals surface area contributed by atoms with Crippen LogP contribution < -0.4 is 0 Å². The van der Waals surface area contributed by atoms with Crippen LogP contribution in [0.25, 0.3) is 0 Å². The molecule has 0 spiro atoms. The number of nitrogens with zero attached hydrogens (tertiary/aromatic N) is 2. The lowest BCUT2D eigenvalue weighted by Crippen LogP contribution is -2.40. The molecule has 0 aliphatic carbocycles. The van der Waals surface area contributed by atoms with Crippen LogP contribution in [0, 0.1) is 20.6 Å². The Labute approximate surface area is 128 Å². The van der Waals surface area contributed by atoms with Gasteiger partial charge in [-0.25, -0.2) is 4.79 Å². The maximum atomic E-state index is 12.3. The van der Waals surface area contributed by atoms with Gasteiger partial charge in [0.1, 0.15) is 6.04 Å². The van der Waals surface area contributed by atoms with E-state index >= 15 is 0 Å². The van der Waals surface area contributed by atoms with E-state index in [9.17, 15) is 19.7 Å². The zero-order valence-electron chi connectivity index (χ0n) is 11.1. The predicted molar refractivity (Wildman–Crippen MR) is 79.7 cm³/mol. The lowest BCUT2D eigenvalue weighted by atomic mass is 10.1. The van der Waals surface area contributed by atoms with Gasteiger partial charge >= 0.3 is 5.97 Å². The number of benzene rings is 1. The Kier molecular flexibility index (Phi) is 5.03. The number of carboxylic acids is 1. The van der Waals surface area contributed by atoms with E-state index in [4.69, 9.17) is 5.11 Å². The summed E-state index contributed by atoms with van der Waals surface area (Å²) in [6.45, 7) is 3.04. The molecule has 0 saturated heterocycles. The molecule has 0 aromatic heterocycles. The molecule has 8 heteroatoms. The third-order valence-corrected chi connectivity index (χ3v) is 4.15. The van der Waals surface area contributed by atoms with Gasteiger partial charge in [0.2, 0.25) is 0 Å². The summed E-state index contributed by atoms with van der Waals surface area (Å²) in [4.78, 5) is 34.5. The number of halogens is 1. The third kappa shape index (κ3) is 3.24. The molecule has 0 radical (unpaired) electrons. The molecular formula is C12H13IN2O5. The van der Waals surface area contributed by atoms with Gasteiger partial charge in [0.05, 0.1) is 10.5 Å². The van der Waals surface area contributed by atoms with E-state index in [-0.39, 0.29) is 11.3 Å². The smallest absolute Gasteiger partial charge is 0.326 e. The predicted octanol–water partition coefficient (Wildman–Crippen LogP) is 2.05. The molecule has 0 fully saturated rings. The summed E-state index contributed by atoms with van der Waals surface area (Å²) in [6.07, 6.45) is 0. The summed E-state index contributed by atoms with van der Waals surface area (Å²) < 4.78 is 0.580. The maximum Gasteiger partial charge on any atom is 0.326 e. The number of nitro groups is 1. The normalized spacial score (nSPS) is 11.8. The number of non-ortho nitro benzene ring substituents is 1. The molecule has 1 N–H and O–H groups in total. The van der Waals surface area contributed by atoms with Gasteiger partial charge < -0.3 is 10.0 Å². The molecule has 1 unspecified atom stereocenters. The zero-order chi connectivity index (χ0) is 15.6.